The van der Waals surface area contributed by atoms with Gasteiger partial charge in [-0.3, -0.25) is 9.30 Å². The van der Waals surface area contributed by atoms with Crippen LogP contribution >= 0.6 is 11.3 Å². The minimum atomic E-state index is -3.18. The Hall–Kier alpha value is -0.960. The molecule has 1 fully saturated rings. The summed E-state index contributed by atoms with van der Waals surface area (Å²) >= 11 is 1.68. The van der Waals surface area contributed by atoms with Gasteiger partial charge in [0.1, 0.15) is 0 Å². The van der Waals surface area contributed by atoms with E-state index in [9.17, 15) is 8.42 Å². The minimum absolute atomic E-state index is 0.305. The zero-order valence-electron chi connectivity index (χ0n) is 13.2. The molecular formula is C14H22N4O2S2. The van der Waals surface area contributed by atoms with Gasteiger partial charge in [0.05, 0.1) is 16.6 Å². The number of imidazole rings is 1. The summed E-state index contributed by atoms with van der Waals surface area (Å²) in [5.41, 5.74) is 2.20. The van der Waals surface area contributed by atoms with Gasteiger partial charge in [-0.2, -0.15) is 0 Å². The summed E-state index contributed by atoms with van der Waals surface area (Å²) in [5.74, 6) is 0. The van der Waals surface area contributed by atoms with Crippen LogP contribution in [0.1, 0.15) is 29.6 Å². The molecule has 122 valence electrons. The van der Waals surface area contributed by atoms with Gasteiger partial charge < -0.3 is 0 Å². The molecule has 1 saturated heterocycles. The Kier molecular flexibility index (Phi) is 4.28. The summed E-state index contributed by atoms with van der Waals surface area (Å²) in [6.45, 7) is 8.52. The molecular weight excluding hydrogens is 320 g/mol. The van der Waals surface area contributed by atoms with Crippen LogP contribution in [0.25, 0.3) is 4.96 Å². The molecule has 0 aromatic carbocycles. The van der Waals surface area contributed by atoms with Crippen molar-refractivity contribution in [2.45, 2.75) is 39.0 Å². The molecule has 1 unspecified atom stereocenters. The average molecular weight is 342 g/mol. The molecule has 0 bridgehead atoms. The second kappa shape index (κ2) is 5.92. The van der Waals surface area contributed by atoms with Crippen LogP contribution in [0.4, 0.5) is 0 Å². The molecule has 2 aromatic rings. The standard InChI is InChI=1S/C14H22N4O2S2/c1-4-15-22(19,20)12-5-6-17(8-12)9-13-11(3)16-14-18(13)7-10(2)21-14/h7,12,15H,4-6,8-9H2,1-3H3. The maximum Gasteiger partial charge on any atom is 0.215 e. The molecule has 0 saturated carbocycles. The van der Waals surface area contributed by atoms with E-state index >= 15 is 0 Å². The van der Waals surface area contributed by atoms with Crippen LogP contribution in [0, 0.1) is 13.8 Å². The van der Waals surface area contributed by atoms with Crippen molar-refractivity contribution >= 4 is 26.3 Å². The first-order chi connectivity index (χ1) is 10.4. The molecule has 0 amide bonds. The maximum absolute atomic E-state index is 12.1. The lowest BCUT2D eigenvalue weighted by Crippen LogP contribution is -2.36. The van der Waals surface area contributed by atoms with E-state index in [-0.39, 0.29) is 5.25 Å². The number of thiazole rings is 1. The topological polar surface area (TPSA) is 66.7 Å². The van der Waals surface area contributed by atoms with E-state index in [2.05, 4.69) is 32.1 Å². The predicted octanol–water partition coefficient (Wildman–Crippen LogP) is 1.53. The van der Waals surface area contributed by atoms with Crippen molar-refractivity contribution in [1.82, 2.24) is 19.0 Å². The van der Waals surface area contributed by atoms with Gasteiger partial charge in [0.15, 0.2) is 4.96 Å². The summed E-state index contributed by atoms with van der Waals surface area (Å²) in [6.07, 6.45) is 2.80. The SMILES string of the molecule is CCNS(=O)(=O)C1CCN(Cc2c(C)nc3sc(C)cn23)C1. The first-order valence-corrected chi connectivity index (χ1v) is 9.91. The highest BCUT2D eigenvalue weighted by Crippen LogP contribution is 2.24. The van der Waals surface area contributed by atoms with Gasteiger partial charge in [0.2, 0.25) is 10.0 Å². The van der Waals surface area contributed by atoms with Crippen molar-refractivity contribution in [3.05, 3.63) is 22.5 Å². The lowest BCUT2D eigenvalue weighted by atomic mass is 10.3. The summed E-state index contributed by atoms with van der Waals surface area (Å²) in [4.78, 5) is 9.06. The van der Waals surface area contributed by atoms with E-state index < -0.39 is 10.0 Å². The van der Waals surface area contributed by atoms with E-state index in [0.29, 0.717) is 19.5 Å². The number of aromatic nitrogens is 2. The number of hydrogen-bond acceptors (Lipinski definition) is 5. The van der Waals surface area contributed by atoms with Gasteiger partial charge in [-0.1, -0.05) is 6.92 Å². The van der Waals surface area contributed by atoms with E-state index in [4.69, 9.17) is 0 Å². The molecule has 3 heterocycles. The summed E-state index contributed by atoms with van der Waals surface area (Å²) < 4.78 is 29.0. The number of rotatable bonds is 5. The first-order valence-electron chi connectivity index (χ1n) is 7.55. The molecule has 0 radical (unpaired) electrons. The summed E-state index contributed by atoms with van der Waals surface area (Å²) in [5, 5.41) is -0.305. The van der Waals surface area contributed by atoms with Crippen molar-refractivity contribution in [3.63, 3.8) is 0 Å². The number of sulfonamides is 1. The fraction of sp³-hybridized carbons (Fsp3) is 0.643. The second-order valence-corrected chi connectivity index (χ2v) is 9.09. The minimum Gasteiger partial charge on any atom is -0.296 e. The van der Waals surface area contributed by atoms with E-state index in [1.165, 1.54) is 10.6 Å². The molecule has 8 heteroatoms. The lowest BCUT2D eigenvalue weighted by Gasteiger charge is -2.16. The third kappa shape index (κ3) is 2.92. The molecule has 2 aromatic heterocycles. The van der Waals surface area contributed by atoms with Gasteiger partial charge in [-0.15, -0.1) is 11.3 Å². The fourth-order valence-corrected chi connectivity index (χ4v) is 5.38. The van der Waals surface area contributed by atoms with E-state index in [1.807, 2.05) is 13.8 Å². The van der Waals surface area contributed by atoms with Crippen LogP contribution in [0.5, 0.6) is 0 Å². The maximum atomic E-state index is 12.1. The Morgan fingerprint density at radius 3 is 2.95 bits per heavy atom. The number of likely N-dealkylation sites (tertiary alicyclic amines) is 1. The quantitative estimate of drug-likeness (QED) is 0.895. The molecule has 1 aliphatic rings. The molecule has 6 nitrogen and oxygen atoms in total. The molecule has 0 aliphatic carbocycles. The second-order valence-electron chi connectivity index (χ2n) is 5.83. The number of nitrogens with zero attached hydrogens (tertiary/aromatic N) is 3. The van der Waals surface area contributed by atoms with Crippen LogP contribution in [0.2, 0.25) is 0 Å². The van der Waals surface area contributed by atoms with Crippen molar-refractivity contribution in [2.24, 2.45) is 0 Å². The molecule has 22 heavy (non-hydrogen) atoms. The normalized spacial score (nSPS) is 20.2. The van der Waals surface area contributed by atoms with Gasteiger partial charge in [-0.25, -0.2) is 18.1 Å². The van der Waals surface area contributed by atoms with Crippen molar-refractivity contribution in [1.29, 1.82) is 0 Å². The molecule has 0 spiro atoms. The van der Waals surface area contributed by atoms with Crippen LogP contribution in [0.3, 0.4) is 0 Å². The first kappa shape index (κ1) is 15.9. The number of fused-ring (bicyclic) bond motifs is 1. The molecule has 1 aliphatic heterocycles. The van der Waals surface area contributed by atoms with Gasteiger partial charge in [0, 0.05) is 30.7 Å². The highest BCUT2D eigenvalue weighted by atomic mass is 32.2. The van der Waals surface area contributed by atoms with Crippen molar-refractivity contribution in [3.8, 4) is 0 Å². The van der Waals surface area contributed by atoms with Gasteiger partial charge in [0.25, 0.3) is 0 Å². The fourth-order valence-electron chi connectivity index (χ4n) is 3.02. The average Bonchev–Trinajstić information content (AvgIpc) is 3.08. The molecule has 1 atom stereocenters. The predicted molar refractivity (Wildman–Crippen MR) is 88.8 cm³/mol. The van der Waals surface area contributed by atoms with E-state index in [0.717, 1.165) is 23.7 Å². The largest absolute Gasteiger partial charge is 0.296 e. The number of nitrogens with one attached hydrogen (secondary N) is 1. The Morgan fingerprint density at radius 1 is 1.45 bits per heavy atom. The Balaban J connectivity index is 1.75. The monoisotopic (exact) mass is 342 g/mol. The van der Waals surface area contributed by atoms with Crippen LogP contribution < -0.4 is 4.72 Å². The lowest BCUT2D eigenvalue weighted by molar-refractivity contribution is 0.325. The number of aryl methyl sites for hydroxylation is 2. The third-order valence-corrected chi connectivity index (χ3v) is 6.98. The summed E-state index contributed by atoms with van der Waals surface area (Å²) in [7, 11) is -3.18. The zero-order chi connectivity index (χ0) is 15.9. The molecule has 1 N–H and O–H groups in total. The molecule has 3 rings (SSSR count). The van der Waals surface area contributed by atoms with Gasteiger partial charge in [-0.05, 0) is 26.8 Å². The third-order valence-electron chi connectivity index (χ3n) is 4.13. The Morgan fingerprint density at radius 2 is 2.23 bits per heavy atom. The highest BCUT2D eigenvalue weighted by molar-refractivity contribution is 7.90. The van der Waals surface area contributed by atoms with Crippen LogP contribution in [-0.2, 0) is 16.6 Å². The van der Waals surface area contributed by atoms with Gasteiger partial charge >= 0.3 is 0 Å². The van der Waals surface area contributed by atoms with Crippen molar-refractivity contribution < 1.29 is 8.42 Å². The highest BCUT2D eigenvalue weighted by Gasteiger charge is 2.33. The Labute approximate surface area is 135 Å². The smallest absolute Gasteiger partial charge is 0.215 e. The zero-order valence-corrected chi connectivity index (χ0v) is 14.8. The summed E-state index contributed by atoms with van der Waals surface area (Å²) in [6, 6.07) is 0. The number of hydrogen-bond donors (Lipinski definition) is 1. The van der Waals surface area contributed by atoms with Crippen LogP contribution in [0.15, 0.2) is 6.20 Å². The van der Waals surface area contributed by atoms with Crippen molar-refractivity contribution in [2.75, 3.05) is 19.6 Å². The van der Waals surface area contributed by atoms with Crippen LogP contribution in [-0.4, -0.2) is 47.6 Å². The van der Waals surface area contributed by atoms with E-state index in [1.54, 1.807) is 11.3 Å². The Bertz CT molecular complexity index is 778.